The zero-order valence-corrected chi connectivity index (χ0v) is 13.1. The molecule has 6 heteroatoms. The highest BCUT2D eigenvalue weighted by atomic mass is 32.2. The number of rotatable bonds is 6. The molecule has 1 aliphatic rings. The molecular weight excluding hydrogens is 266 g/mol. The number of sulfonamides is 1. The quantitative estimate of drug-likeness (QED) is 0.764. The first-order chi connectivity index (χ1) is 8.62. The normalized spacial score (nSPS) is 17.9. The standard InChI is InChI=1S/C13H25NO4S/c1-5-6-7-8-13(9-10-13)19(16,17)14-11(15)18-12(2,3)4/h5-10H2,1-4H3,(H,14,15). The van der Waals surface area contributed by atoms with Crippen molar-refractivity contribution in [2.24, 2.45) is 0 Å². The van der Waals surface area contributed by atoms with E-state index in [2.05, 4.69) is 11.6 Å². The number of amides is 1. The van der Waals surface area contributed by atoms with Crippen molar-refractivity contribution in [2.45, 2.75) is 76.6 Å². The third kappa shape index (κ3) is 4.67. The maximum absolute atomic E-state index is 12.2. The van der Waals surface area contributed by atoms with E-state index >= 15 is 0 Å². The summed E-state index contributed by atoms with van der Waals surface area (Å²) in [6, 6.07) is 0. The van der Waals surface area contributed by atoms with E-state index in [0.717, 1.165) is 19.3 Å². The second kappa shape index (κ2) is 5.69. The van der Waals surface area contributed by atoms with Gasteiger partial charge in [-0.1, -0.05) is 26.2 Å². The number of carbonyl (C=O) groups is 1. The van der Waals surface area contributed by atoms with Crippen LogP contribution in [0.15, 0.2) is 0 Å². The second-order valence-electron chi connectivity index (χ2n) is 6.25. The summed E-state index contributed by atoms with van der Waals surface area (Å²) >= 11 is 0. The van der Waals surface area contributed by atoms with Gasteiger partial charge in [-0.2, -0.15) is 0 Å². The van der Waals surface area contributed by atoms with E-state index < -0.39 is 26.5 Å². The molecule has 0 aromatic heterocycles. The van der Waals surface area contributed by atoms with Crippen LogP contribution in [0.4, 0.5) is 4.79 Å². The van der Waals surface area contributed by atoms with Gasteiger partial charge in [0.1, 0.15) is 5.60 Å². The molecule has 1 rings (SSSR count). The first-order valence-corrected chi connectivity index (χ1v) is 8.35. The Balaban J connectivity index is 2.58. The molecule has 0 bridgehead atoms. The van der Waals surface area contributed by atoms with E-state index in [1.165, 1.54) is 0 Å². The number of hydrogen-bond donors (Lipinski definition) is 1. The van der Waals surface area contributed by atoms with Gasteiger partial charge < -0.3 is 4.74 Å². The molecule has 112 valence electrons. The highest BCUT2D eigenvalue weighted by Gasteiger charge is 2.54. The first kappa shape index (κ1) is 16.3. The molecule has 5 nitrogen and oxygen atoms in total. The summed E-state index contributed by atoms with van der Waals surface area (Å²) in [5.74, 6) is 0. The highest BCUT2D eigenvalue weighted by Crippen LogP contribution is 2.47. The Morgan fingerprint density at radius 1 is 1.26 bits per heavy atom. The van der Waals surface area contributed by atoms with Crippen molar-refractivity contribution in [3.63, 3.8) is 0 Å². The van der Waals surface area contributed by atoms with Gasteiger partial charge in [-0.25, -0.2) is 17.9 Å². The zero-order chi connectivity index (χ0) is 14.7. The Labute approximate surface area is 116 Å². The van der Waals surface area contributed by atoms with Gasteiger partial charge in [0.25, 0.3) is 0 Å². The van der Waals surface area contributed by atoms with Gasteiger partial charge in [0.2, 0.25) is 10.0 Å². The average Bonchev–Trinajstić information content (AvgIpc) is 2.95. The van der Waals surface area contributed by atoms with Crippen molar-refractivity contribution in [3.8, 4) is 0 Å². The molecule has 0 unspecified atom stereocenters. The number of hydrogen-bond acceptors (Lipinski definition) is 4. The average molecular weight is 291 g/mol. The molecule has 1 amide bonds. The summed E-state index contributed by atoms with van der Waals surface area (Å²) in [6.07, 6.45) is 3.96. The Bertz CT molecular complexity index is 418. The van der Waals surface area contributed by atoms with Crippen LogP contribution in [0.25, 0.3) is 0 Å². The van der Waals surface area contributed by atoms with E-state index in [-0.39, 0.29) is 0 Å². The van der Waals surface area contributed by atoms with Crippen LogP contribution >= 0.6 is 0 Å². The van der Waals surface area contributed by atoms with Gasteiger partial charge >= 0.3 is 6.09 Å². The SMILES string of the molecule is CCCCCC1(S(=O)(=O)NC(=O)OC(C)(C)C)CC1. The topological polar surface area (TPSA) is 72.5 Å². The van der Waals surface area contributed by atoms with E-state index in [1.54, 1.807) is 20.8 Å². The van der Waals surface area contributed by atoms with Crippen molar-refractivity contribution in [1.29, 1.82) is 0 Å². The summed E-state index contributed by atoms with van der Waals surface area (Å²) in [4.78, 5) is 11.6. The van der Waals surface area contributed by atoms with Crippen molar-refractivity contribution in [2.75, 3.05) is 0 Å². The predicted octanol–water partition coefficient (Wildman–Crippen LogP) is 2.95. The van der Waals surface area contributed by atoms with Crippen LogP contribution in [-0.2, 0) is 14.8 Å². The lowest BCUT2D eigenvalue weighted by Gasteiger charge is -2.22. The lowest BCUT2D eigenvalue weighted by atomic mass is 10.1. The minimum absolute atomic E-state index is 0.624. The maximum Gasteiger partial charge on any atom is 0.421 e. The van der Waals surface area contributed by atoms with Crippen LogP contribution in [0.1, 0.15) is 66.2 Å². The fourth-order valence-corrected chi connectivity index (χ4v) is 3.54. The minimum Gasteiger partial charge on any atom is -0.443 e. The summed E-state index contributed by atoms with van der Waals surface area (Å²) in [7, 11) is -3.63. The molecular formula is C13H25NO4S. The Morgan fingerprint density at radius 3 is 2.26 bits per heavy atom. The molecule has 19 heavy (non-hydrogen) atoms. The fraction of sp³-hybridized carbons (Fsp3) is 0.923. The summed E-state index contributed by atoms with van der Waals surface area (Å²) < 4.78 is 30.7. The Morgan fingerprint density at radius 2 is 1.84 bits per heavy atom. The van der Waals surface area contributed by atoms with Crippen LogP contribution in [0.3, 0.4) is 0 Å². The van der Waals surface area contributed by atoms with E-state index in [9.17, 15) is 13.2 Å². The molecule has 0 aromatic carbocycles. The van der Waals surface area contributed by atoms with Gasteiger partial charge in [-0.15, -0.1) is 0 Å². The van der Waals surface area contributed by atoms with E-state index in [4.69, 9.17) is 4.74 Å². The molecule has 0 atom stereocenters. The van der Waals surface area contributed by atoms with E-state index in [1.807, 2.05) is 0 Å². The molecule has 0 saturated heterocycles. The first-order valence-electron chi connectivity index (χ1n) is 6.87. The number of unbranched alkanes of at least 4 members (excludes halogenated alkanes) is 2. The van der Waals surface area contributed by atoms with Crippen molar-refractivity contribution in [3.05, 3.63) is 0 Å². The predicted molar refractivity (Wildman–Crippen MR) is 74.4 cm³/mol. The molecule has 1 saturated carbocycles. The van der Waals surface area contributed by atoms with Crippen molar-refractivity contribution in [1.82, 2.24) is 4.72 Å². The largest absolute Gasteiger partial charge is 0.443 e. The smallest absolute Gasteiger partial charge is 0.421 e. The summed E-state index contributed by atoms with van der Waals surface area (Å²) in [5, 5.41) is 0. The molecule has 0 heterocycles. The van der Waals surface area contributed by atoms with Crippen LogP contribution in [0.5, 0.6) is 0 Å². The second-order valence-corrected chi connectivity index (χ2v) is 8.32. The number of nitrogens with one attached hydrogen (secondary N) is 1. The summed E-state index contributed by atoms with van der Waals surface area (Å²) in [6.45, 7) is 7.18. The molecule has 1 aliphatic carbocycles. The van der Waals surface area contributed by atoms with Crippen LogP contribution in [0.2, 0.25) is 0 Å². The maximum atomic E-state index is 12.2. The van der Waals surface area contributed by atoms with Crippen molar-refractivity contribution >= 4 is 16.1 Å². The minimum atomic E-state index is -3.63. The van der Waals surface area contributed by atoms with Gasteiger partial charge in [0.05, 0.1) is 4.75 Å². The monoisotopic (exact) mass is 291 g/mol. The molecule has 0 aliphatic heterocycles. The zero-order valence-electron chi connectivity index (χ0n) is 12.3. The third-order valence-corrected chi connectivity index (χ3v) is 5.42. The lowest BCUT2D eigenvalue weighted by Crippen LogP contribution is -2.42. The number of carbonyl (C=O) groups excluding carboxylic acids is 1. The lowest BCUT2D eigenvalue weighted by molar-refractivity contribution is 0.0569. The summed E-state index contributed by atoms with van der Waals surface area (Å²) in [5.41, 5.74) is -0.696. The van der Waals surface area contributed by atoms with E-state index in [0.29, 0.717) is 19.3 Å². The van der Waals surface area contributed by atoms with Crippen molar-refractivity contribution < 1.29 is 17.9 Å². The molecule has 1 fully saturated rings. The van der Waals surface area contributed by atoms with Crippen LogP contribution in [-0.4, -0.2) is 24.9 Å². The fourth-order valence-electron chi connectivity index (χ4n) is 2.01. The van der Waals surface area contributed by atoms with Gasteiger partial charge in [-0.3, -0.25) is 0 Å². The van der Waals surface area contributed by atoms with Gasteiger partial charge in [0.15, 0.2) is 0 Å². The van der Waals surface area contributed by atoms with Crippen LogP contribution in [0, 0.1) is 0 Å². The number of ether oxygens (including phenoxy) is 1. The molecule has 1 N–H and O–H groups in total. The third-order valence-electron chi connectivity index (χ3n) is 3.23. The van der Waals surface area contributed by atoms with Gasteiger partial charge in [0, 0.05) is 0 Å². The highest BCUT2D eigenvalue weighted by molar-refractivity contribution is 7.91. The Kier molecular flexibility index (Phi) is 4.87. The molecule has 0 aromatic rings. The Hall–Kier alpha value is -0.780. The van der Waals surface area contributed by atoms with Crippen LogP contribution < -0.4 is 4.72 Å². The molecule has 0 radical (unpaired) electrons. The molecule has 0 spiro atoms. The van der Waals surface area contributed by atoms with Gasteiger partial charge in [-0.05, 0) is 40.0 Å².